The maximum Gasteiger partial charge on any atom is 0.317 e. The summed E-state index contributed by atoms with van der Waals surface area (Å²) in [6.07, 6.45) is 2.22. The van der Waals surface area contributed by atoms with E-state index in [2.05, 4.69) is 23.5 Å². The molecule has 1 aliphatic rings. The van der Waals surface area contributed by atoms with Gasteiger partial charge in [-0.15, -0.1) is 0 Å². The Labute approximate surface area is 148 Å². The number of ether oxygens (including phenoxy) is 2. The van der Waals surface area contributed by atoms with Crippen LogP contribution in [0.2, 0.25) is 0 Å². The second kappa shape index (κ2) is 7.74. The molecule has 134 valence electrons. The molecule has 0 saturated carbocycles. The van der Waals surface area contributed by atoms with Gasteiger partial charge in [-0.05, 0) is 54.3 Å². The van der Waals surface area contributed by atoms with Gasteiger partial charge in [0.25, 0.3) is 0 Å². The Morgan fingerprint density at radius 3 is 2.80 bits per heavy atom. The molecule has 2 aromatic carbocycles. The molecule has 0 aliphatic carbocycles. The molecule has 3 rings (SSSR count). The van der Waals surface area contributed by atoms with Crippen molar-refractivity contribution >= 4 is 16.8 Å². The SMILES string of the molecule is COc1ccc2cc(CN(C)C(=O)N[C@@H](C)[C@H]3CCCO3)ccc2c1. The fraction of sp³-hybridized carbons (Fsp3) is 0.450. The van der Waals surface area contributed by atoms with Crippen molar-refractivity contribution in [2.45, 2.75) is 38.5 Å². The number of fused-ring (bicyclic) bond motifs is 1. The molecule has 0 spiro atoms. The molecule has 1 heterocycles. The summed E-state index contributed by atoms with van der Waals surface area (Å²) in [7, 11) is 3.48. The molecule has 0 radical (unpaired) electrons. The molecule has 5 nitrogen and oxygen atoms in total. The largest absolute Gasteiger partial charge is 0.497 e. The maximum atomic E-state index is 12.4. The first kappa shape index (κ1) is 17.5. The van der Waals surface area contributed by atoms with Gasteiger partial charge >= 0.3 is 6.03 Å². The molecule has 2 amide bonds. The third-order valence-electron chi connectivity index (χ3n) is 4.75. The van der Waals surface area contributed by atoms with Crippen LogP contribution in [0.4, 0.5) is 4.79 Å². The van der Waals surface area contributed by atoms with Gasteiger partial charge in [-0.25, -0.2) is 4.79 Å². The molecule has 0 bridgehead atoms. The van der Waals surface area contributed by atoms with Crippen LogP contribution in [0.3, 0.4) is 0 Å². The van der Waals surface area contributed by atoms with Gasteiger partial charge in [-0.2, -0.15) is 0 Å². The van der Waals surface area contributed by atoms with Gasteiger partial charge in [0.1, 0.15) is 5.75 Å². The van der Waals surface area contributed by atoms with Gasteiger partial charge in [0.15, 0.2) is 0 Å². The first-order valence-corrected chi connectivity index (χ1v) is 8.77. The molecule has 1 N–H and O–H groups in total. The van der Waals surface area contributed by atoms with E-state index in [-0.39, 0.29) is 18.2 Å². The van der Waals surface area contributed by atoms with Crippen molar-refractivity contribution in [3.63, 3.8) is 0 Å². The smallest absolute Gasteiger partial charge is 0.317 e. The highest BCUT2D eigenvalue weighted by Crippen LogP contribution is 2.22. The number of benzene rings is 2. The highest BCUT2D eigenvalue weighted by atomic mass is 16.5. The Morgan fingerprint density at radius 1 is 1.32 bits per heavy atom. The van der Waals surface area contributed by atoms with Gasteiger partial charge in [-0.3, -0.25) is 0 Å². The number of hydrogen-bond donors (Lipinski definition) is 1. The van der Waals surface area contributed by atoms with Crippen molar-refractivity contribution in [3.05, 3.63) is 42.0 Å². The molecule has 5 heteroatoms. The predicted octanol–water partition coefficient (Wildman–Crippen LogP) is 3.56. The third kappa shape index (κ3) is 4.23. The number of hydrogen-bond acceptors (Lipinski definition) is 3. The van der Waals surface area contributed by atoms with Crippen LogP contribution in [0.5, 0.6) is 5.75 Å². The molecule has 2 atom stereocenters. The van der Waals surface area contributed by atoms with Gasteiger partial charge < -0.3 is 19.7 Å². The second-order valence-electron chi connectivity index (χ2n) is 6.69. The number of nitrogens with zero attached hydrogens (tertiary/aromatic N) is 1. The number of amides is 2. The van der Waals surface area contributed by atoms with E-state index in [9.17, 15) is 4.79 Å². The monoisotopic (exact) mass is 342 g/mol. The van der Waals surface area contributed by atoms with Crippen LogP contribution in [-0.2, 0) is 11.3 Å². The lowest BCUT2D eigenvalue weighted by atomic mass is 10.1. The van der Waals surface area contributed by atoms with E-state index in [1.54, 1.807) is 12.0 Å². The topological polar surface area (TPSA) is 50.8 Å². The zero-order chi connectivity index (χ0) is 17.8. The predicted molar refractivity (Wildman–Crippen MR) is 98.9 cm³/mol. The van der Waals surface area contributed by atoms with Crippen LogP contribution < -0.4 is 10.1 Å². The van der Waals surface area contributed by atoms with Gasteiger partial charge in [0.2, 0.25) is 0 Å². The van der Waals surface area contributed by atoms with Crippen LogP contribution >= 0.6 is 0 Å². The van der Waals surface area contributed by atoms with E-state index in [1.165, 1.54) is 0 Å². The zero-order valence-corrected chi connectivity index (χ0v) is 15.1. The lowest BCUT2D eigenvalue weighted by molar-refractivity contribution is 0.0838. The molecule has 25 heavy (non-hydrogen) atoms. The number of carbonyl (C=O) groups excluding carboxylic acids is 1. The van der Waals surface area contributed by atoms with Crippen molar-refractivity contribution in [2.75, 3.05) is 20.8 Å². The number of rotatable bonds is 5. The van der Waals surface area contributed by atoms with Crippen molar-refractivity contribution in [2.24, 2.45) is 0 Å². The molecular weight excluding hydrogens is 316 g/mol. The number of urea groups is 1. The maximum absolute atomic E-state index is 12.4. The minimum atomic E-state index is -0.0715. The fourth-order valence-electron chi connectivity index (χ4n) is 3.24. The molecule has 0 unspecified atom stereocenters. The Balaban J connectivity index is 1.62. The van der Waals surface area contributed by atoms with E-state index in [0.29, 0.717) is 6.54 Å². The number of methoxy groups -OCH3 is 1. The Bertz CT molecular complexity index is 741. The van der Waals surface area contributed by atoms with E-state index >= 15 is 0 Å². The quantitative estimate of drug-likeness (QED) is 0.904. The van der Waals surface area contributed by atoms with Crippen molar-refractivity contribution in [1.29, 1.82) is 0 Å². The summed E-state index contributed by atoms with van der Waals surface area (Å²) in [6.45, 7) is 3.36. The van der Waals surface area contributed by atoms with Gasteiger partial charge in [0.05, 0.1) is 19.3 Å². The normalized spacial score (nSPS) is 18.1. The molecule has 0 aromatic heterocycles. The Hall–Kier alpha value is -2.27. The first-order chi connectivity index (χ1) is 12.1. The lowest BCUT2D eigenvalue weighted by Gasteiger charge is -2.24. The minimum absolute atomic E-state index is 0.0292. The summed E-state index contributed by atoms with van der Waals surface area (Å²) >= 11 is 0. The summed E-state index contributed by atoms with van der Waals surface area (Å²) < 4.78 is 10.9. The van der Waals surface area contributed by atoms with Crippen LogP contribution in [0.1, 0.15) is 25.3 Å². The summed E-state index contributed by atoms with van der Waals surface area (Å²) in [4.78, 5) is 14.1. The summed E-state index contributed by atoms with van der Waals surface area (Å²) in [5, 5.41) is 5.31. The summed E-state index contributed by atoms with van der Waals surface area (Å²) in [5.41, 5.74) is 1.10. The number of nitrogens with one attached hydrogen (secondary N) is 1. The number of carbonyl (C=O) groups is 1. The lowest BCUT2D eigenvalue weighted by Crippen LogP contribution is -2.46. The molecule has 1 aliphatic heterocycles. The van der Waals surface area contributed by atoms with Crippen LogP contribution in [0.25, 0.3) is 10.8 Å². The average molecular weight is 342 g/mol. The van der Waals surface area contributed by atoms with Gasteiger partial charge in [-0.1, -0.05) is 18.2 Å². The molecular formula is C20H26N2O3. The van der Waals surface area contributed by atoms with Crippen LogP contribution in [0, 0.1) is 0 Å². The fourth-order valence-corrected chi connectivity index (χ4v) is 3.24. The van der Waals surface area contributed by atoms with Crippen molar-refractivity contribution in [3.8, 4) is 5.75 Å². The third-order valence-corrected chi connectivity index (χ3v) is 4.75. The van der Waals surface area contributed by atoms with Crippen LogP contribution in [0.15, 0.2) is 36.4 Å². The summed E-state index contributed by atoms with van der Waals surface area (Å²) in [6, 6.07) is 12.2. The van der Waals surface area contributed by atoms with Crippen molar-refractivity contribution < 1.29 is 14.3 Å². The highest BCUT2D eigenvalue weighted by molar-refractivity contribution is 5.84. The van der Waals surface area contributed by atoms with Crippen molar-refractivity contribution in [1.82, 2.24) is 10.2 Å². The van der Waals surface area contributed by atoms with Crippen LogP contribution in [-0.4, -0.2) is 43.8 Å². The Kier molecular flexibility index (Phi) is 5.43. The zero-order valence-electron chi connectivity index (χ0n) is 15.1. The summed E-state index contributed by atoms with van der Waals surface area (Å²) in [5.74, 6) is 0.847. The second-order valence-corrected chi connectivity index (χ2v) is 6.69. The van der Waals surface area contributed by atoms with Gasteiger partial charge in [0, 0.05) is 20.2 Å². The van der Waals surface area contributed by atoms with E-state index in [1.807, 2.05) is 32.2 Å². The van der Waals surface area contributed by atoms with E-state index in [0.717, 1.165) is 41.5 Å². The Morgan fingerprint density at radius 2 is 2.08 bits per heavy atom. The highest BCUT2D eigenvalue weighted by Gasteiger charge is 2.24. The standard InChI is InChI=1S/C20H26N2O3/c1-14(19-5-4-10-25-19)21-20(23)22(2)13-15-6-7-17-12-18(24-3)9-8-16(17)11-15/h6-9,11-12,14,19H,4-5,10,13H2,1-3H3,(H,21,23)/t14-,19+/m0/s1. The average Bonchev–Trinajstić information content (AvgIpc) is 3.16. The molecule has 1 saturated heterocycles. The van der Waals surface area contributed by atoms with E-state index in [4.69, 9.17) is 9.47 Å². The molecule has 1 fully saturated rings. The first-order valence-electron chi connectivity index (χ1n) is 8.77. The van der Waals surface area contributed by atoms with E-state index < -0.39 is 0 Å². The molecule has 2 aromatic rings. The minimum Gasteiger partial charge on any atom is -0.497 e.